The lowest BCUT2D eigenvalue weighted by atomic mass is 10.1. The smallest absolute Gasteiger partial charge is 0.320 e. The van der Waals surface area contributed by atoms with Gasteiger partial charge in [-0.15, -0.1) is 0 Å². The Balaban J connectivity index is 2.66. The van der Waals surface area contributed by atoms with Gasteiger partial charge in [0.25, 0.3) is 0 Å². The summed E-state index contributed by atoms with van der Waals surface area (Å²) in [5.41, 5.74) is 0. The summed E-state index contributed by atoms with van der Waals surface area (Å²) in [5.74, 6) is 0.0828. The molecule has 2 unspecified atom stereocenters. The quantitative estimate of drug-likeness (QED) is 0.813. The lowest BCUT2D eigenvalue weighted by Gasteiger charge is -2.33. The molecule has 1 heterocycles. The number of aliphatic carboxylic acids is 1. The van der Waals surface area contributed by atoms with Crippen LogP contribution in [0, 0.1) is 0 Å². The van der Waals surface area contributed by atoms with Crippen LogP contribution < -0.4 is 0 Å². The van der Waals surface area contributed by atoms with Crippen molar-refractivity contribution in [3.8, 4) is 0 Å². The van der Waals surface area contributed by atoms with Crippen LogP contribution in [-0.2, 0) is 4.79 Å². The topological polar surface area (TPSA) is 60.9 Å². The second kappa shape index (κ2) is 7.62. The highest BCUT2D eigenvalue weighted by Crippen LogP contribution is 2.22. The third kappa shape index (κ3) is 4.30. The molecule has 0 radical (unpaired) electrons. The number of rotatable bonds is 6. The molecule has 1 rings (SSSR count). The molecule has 0 saturated carbocycles. The first-order valence-corrected chi connectivity index (χ1v) is 8.14. The summed E-state index contributed by atoms with van der Waals surface area (Å²) in [7, 11) is 1.82. The van der Waals surface area contributed by atoms with Crippen molar-refractivity contribution in [1.82, 2.24) is 9.80 Å². The molecule has 2 atom stereocenters. The van der Waals surface area contributed by atoms with Crippen molar-refractivity contribution < 1.29 is 14.7 Å². The van der Waals surface area contributed by atoms with Gasteiger partial charge in [0.2, 0.25) is 0 Å². The molecule has 0 bridgehead atoms. The van der Waals surface area contributed by atoms with Gasteiger partial charge in [0.15, 0.2) is 0 Å². The standard InChI is InChI=1S/C13H24N2O3S/c1-4-10(9-19-3)14(2)13(18)15-7-5-6-11(15)8-12(16)17/h10-11H,4-9H2,1-3H3,(H,16,17). The monoisotopic (exact) mass is 288 g/mol. The Hall–Kier alpha value is -0.910. The molecule has 1 fully saturated rings. The Kier molecular flexibility index (Phi) is 6.48. The van der Waals surface area contributed by atoms with Gasteiger partial charge < -0.3 is 14.9 Å². The summed E-state index contributed by atoms with van der Waals surface area (Å²) >= 11 is 1.73. The number of hydrogen-bond donors (Lipinski definition) is 1. The van der Waals surface area contributed by atoms with Crippen LogP contribution in [0.25, 0.3) is 0 Å². The van der Waals surface area contributed by atoms with E-state index in [0.717, 1.165) is 25.0 Å². The number of carbonyl (C=O) groups is 2. The molecule has 0 spiro atoms. The van der Waals surface area contributed by atoms with E-state index >= 15 is 0 Å². The van der Waals surface area contributed by atoms with Gasteiger partial charge in [-0.05, 0) is 25.5 Å². The highest BCUT2D eigenvalue weighted by Gasteiger charge is 2.33. The Morgan fingerprint density at radius 2 is 2.21 bits per heavy atom. The highest BCUT2D eigenvalue weighted by molar-refractivity contribution is 7.98. The van der Waals surface area contributed by atoms with Gasteiger partial charge in [-0.25, -0.2) is 4.79 Å². The van der Waals surface area contributed by atoms with Gasteiger partial charge in [-0.1, -0.05) is 6.92 Å². The molecule has 1 N–H and O–H groups in total. The van der Waals surface area contributed by atoms with Gasteiger partial charge in [-0.2, -0.15) is 11.8 Å². The third-order valence-electron chi connectivity index (χ3n) is 3.71. The van der Waals surface area contributed by atoms with Crippen LogP contribution in [0.2, 0.25) is 0 Å². The fourth-order valence-corrected chi connectivity index (χ4v) is 3.40. The first-order chi connectivity index (χ1) is 9.01. The van der Waals surface area contributed by atoms with E-state index in [0.29, 0.717) is 6.54 Å². The van der Waals surface area contributed by atoms with Crippen molar-refractivity contribution >= 4 is 23.8 Å². The van der Waals surface area contributed by atoms with Crippen LogP contribution in [0.5, 0.6) is 0 Å². The van der Waals surface area contributed by atoms with Crippen LogP contribution in [0.1, 0.15) is 32.6 Å². The SMILES string of the molecule is CCC(CSC)N(C)C(=O)N1CCCC1CC(=O)O. The largest absolute Gasteiger partial charge is 0.481 e. The normalized spacial score (nSPS) is 20.4. The zero-order valence-electron chi connectivity index (χ0n) is 12.0. The van der Waals surface area contributed by atoms with E-state index in [1.54, 1.807) is 21.6 Å². The second-order valence-electron chi connectivity index (χ2n) is 5.00. The predicted molar refractivity (Wildman–Crippen MR) is 77.6 cm³/mol. The van der Waals surface area contributed by atoms with Gasteiger partial charge >= 0.3 is 12.0 Å². The average Bonchev–Trinajstić information content (AvgIpc) is 2.81. The van der Waals surface area contributed by atoms with E-state index in [1.165, 1.54) is 0 Å². The average molecular weight is 288 g/mol. The lowest BCUT2D eigenvalue weighted by Crippen LogP contribution is -2.48. The molecule has 19 heavy (non-hydrogen) atoms. The van der Waals surface area contributed by atoms with E-state index in [2.05, 4.69) is 6.92 Å². The van der Waals surface area contributed by atoms with Crippen LogP contribution in [0.3, 0.4) is 0 Å². The van der Waals surface area contributed by atoms with E-state index in [-0.39, 0.29) is 24.5 Å². The van der Waals surface area contributed by atoms with E-state index in [1.807, 2.05) is 13.3 Å². The molecule has 110 valence electrons. The van der Waals surface area contributed by atoms with E-state index < -0.39 is 5.97 Å². The number of urea groups is 1. The van der Waals surface area contributed by atoms with Crippen LogP contribution in [0.4, 0.5) is 4.79 Å². The van der Waals surface area contributed by atoms with E-state index in [4.69, 9.17) is 5.11 Å². The molecule has 0 aromatic rings. The third-order valence-corrected chi connectivity index (χ3v) is 4.43. The number of carboxylic acid groups (broad SMARTS) is 1. The molecule has 1 aliphatic heterocycles. The van der Waals surface area contributed by atoms with Gasteiger partial charge in [0.05, 0.1) is 6.42 Å². The zero-order valence-corrected chi connectivity index (χ0v) is 12.8. The molecule has 0 aromatic heterocycles. The highest BCUT2D eigenvalue weighted by atomic mass is 32.2. The Bertz CT molecular complexity index is 325. The molecule has 0 aromatic carbocycles. The number of likely N-dealkylation sites (tertiary alicyclic amines) is 1. The fourth-order valence-electron chi connectivity index (χ4n) is 2.56. The maximum Gasteiger partial charge on any atom is 0.320 e. The predicted octanol–water partition coefficient (Wildman–Crippen LogP) is 2.12. The number of carboxylic acids is 1. The van der Waals surface area contributed by atoms with Crippen LogP contribution in [-0.4, -0.2) is 64.6 Å². The lowest BCUT2D eigenvalue weighted by molar-refractivity contribution is -0.138. The molecule has 1 aliphatic rings. The van der Waals surface area contributed by atoms with Crippen molar-refractivity contribution in [2.75, 3.05) is 25.6 Å². The summed E-state index contributed by atoms with van der Waals surface area (Å²) in [4.78, 5) is 26.8. The minimum absolute atomic E-state index is 0.0235. The minimum Gasteiger partial charge on any atom is -0.481 e. The van der Waals surface area contributed by atoms with Gasteiger partial charge in [0, 0.05) is 31.4 Å². The maximum absolute atomic E-state index is 12.5. The number of thioether (sulfide) groups is 1. The van der Waals surface area contributed by atoms with Crippen molar-refractivity contribution in [2.24, 2.45) is 0 Å². The fraction of sp³-hybridized carbons (Fsp3) is 0.846. The van der Waals surface area contributed by atoms with Crippen molar-refractivity contribution in [3.63, 3.8) is 0 Å². The maximum atomic E-state index is 12.5. The summed E-state index contributed by atoms with van der Waals surface area (Å²) in [5, 5.41) is 8.90. The van der Waals surface area contributed by atoms with Gasteiger partial charge in [0.1, 0.15) is 0 Å². The Morgan fingerprint density at radius 1 is 1.53 bits per heavy atom. The number of carbonyl (C=O) groups excluding carboxylic acids is 1. The molecule has 5 nitrogen and oxygen atoms in total. The van der Waals surface area contributed by atoms with Crippen molar-refractivity contribution in [2.45, 2.75) is 44.7 Å². The minimum atomic E-state index is -0.830. The first kappa shape index (κ1) is 16.1. The first-order valence-electron chi connectivity index (χ1n) is 6.75. The van der Waals surface area contributed by atoms with Crippen LogP contribution >= 0.6 is 11.8 Å². The van der Waals surface area contributed by atoms with E-state index in [9.17, 15) is 9.59 Å². The summed E-state index contributed by atoms with van der Waals surface area (Å²) in [6, 6.07) is 0.0532. The molecule has 6 heteroatoms. The van der Waals surface area contributed by atoms with Gasteiger partial charge in [-0.3, -0.25) is 4.79 Å². The number of nitrogens with zero attached hydrogens (tertiary/aromatic N) is 2. The Labute approximate surface area is 119 Å². The zero-order chi connectivity index (χ0) is 14.4. The molecule has 2 amide bonds. The van der Waals surface area contributed by atoms with Crippen molar-refractivity contribution in [3.05, 3.63) is 0 Å². The number of amides is 2. The molecule has 0 aliphatic carbocycles. The summed E-state index contributed by atoms with van der Waals surface area (Å²) in [6.07, 6.45) is 4.70. The molecule has 1 saturated heterocycles. The van der Waals surface area contributed by atoms with Crippen LogP contribution in [0.15, 0.2) is 0 Å². The summed E-state index contributed by atoms with van der Waals surface area (Å²) in [6.45, 7) is 2.75. The van der Waals surface area contributed by atoms with Crippen molar-refractivity contribution in [1.29, 1.82) is 0 Å². The molecular weight excluding hydrogens is 264 g/mol. The second-order valence-corrected chi connectivity index (χ2v) is 5.91. The summed E-state index contributed by atoms with van der Waals surface area (Å²) < 4.78 is 0. The number of hydrogen-bond acceptors (Lipinski definition) is 3. The Morgan fingerprint density at radius 3 is 2.74 bits per heavy atom. The molecular formula is C13H24N2O3S.